The third kappa shape index (κ3) is 3.12. The van der Waals surface area contributed by atoms with Gasteiger partial charge in [0.05, 0.1) is 11.3 Å². The molecule has 0 radical (unpaired) electrons. The predicted molar refractivity (Wildman–Crippen MR) is 89.0 cm³/mol. The molecule has 1 heterocycles. The number of carboxylic acid groups (broad SMARTS) is 1. The van der Waals surface area contributed by atoms with Crippen molar-refractivity contribution in [3.8, 4) is 0 Å². The third-order valence-electron chi connectivity index (χ3n) is 3.25. The number of hydrogen-bond acceptors (Lipinski definition) is 6. The van der Waals surface area contributed by atoms with Gasteiger partial charge in [-0.05, 0) is 30.3 Å². The van der Waals surface area contributed by atoms with Crippen molar-refractivity contribution in [2.24, 2.45) is 21.0 Å². The smallest absolute Gasteiger partial charge is 0.335 e. The van der Waals surface area contributed by atoms with Gasteiger partial charge in [0, 0.05) is 5.56 Å². The van der Waals surface area contributed by atoms with Crippen LogP contribution in [0.4, 0.5) is 10.1 Å². The number of hydrogen-bond donors (Lipinski definition) is 3. The number of nitrogens with zero attached hydrogens (tertiary/aromatic N) is 3. The lowest BCUT2D eigenvalue weighted by Crippen LogP contribution is -2.28. The van der Waals surface area contributed by atoms with E-state index in [-0.39, 0.29) is 11.4 Å². The lowest BCUT2D eigenvalue weighted by atomic mass is 10.0. The fraction of sp³-hybridized carbons (Fsp3) is 0. The number of anilines is 1. The lowest BCUT2D eigenvalue weighted by molar-refractivity contribution is 0.0697. The molecular formula is C16H12FN5O2. The van der Waals surface area contributed by atoms with Gasteiger partial charge in [-0.1, -0.05) is 18.2 Å². The Hall–Kier alpha value is -3.55. The highest BCUT2D eigenvalue weighted by Gasteiger charge is 2.22. The number of hydrazone groups is 1. The minimum absolute atomic E-state index is 0.108. The maximum atomic E-state index is 13.2. The number of nitrogens with one attached hydrogen (secondary N) is 1. The molecule has 4 N–H and O–H groups in total. The number of carbonyl (C=O) groups is 1. The van der Waals surface area contributed by atoms with E-state index in [2.05, 4.69) is 20.7 Å². The molecule has 0 atom stereocenters. The van der Waals surface area contributed by atoms with Gasteiger partial charge >= 0.3 is 5.97 Å². The minimum Gasteiger partial charge on any atom is -0.478 e. The standard InChI is InChI=1S/C16H12FN5O2/c17-11-2-1-3-12(8-11)19-21-14-13(20-22-15(14)18)9-4-6-10(7-5-9)16(23)24/h1-8,19H,(H,23,24)(H2,18,21,22). The molecule has 0 aromatic heterocycles. The van der Waals surface area contributed by atoms with Crippen LogP contribution in [-0.4, -0.2) is 28.3 Å². The van der Waals surface area contributed by atoms with E-state index in [0.717, 1.165) is 0 Å². The molecule has 1 aliphatic rings. The molecule has 0 aliphatic carbocycles. The molecule has 2 aromatic carbocycles. The Kier molecular flexibility index (Phi) is 4.02. The summed E-state index contributed by atoms with van der Waals surface area (Å²) in [4.78, 5) is 10.9. The largest absolute Gasteiger partial charge is 0.478 e. The molecule has 7 nitrogen and oxygen atoms in total. The van der Waals surface area contributed by atoms with Gasteiger partial charge in [-0.15, -0.1) is 10.2 Å². The van der Waals surface area contributed by atoms with E-state index in [9.17, 15) is 9.18 Å². The van der Waals surface area contributed by atoms with Crippen LogP contribution >= 0.6 is 0 Å². The Morgan fingerprint density at radius 3 is 2.58 bits per heavy atom. The molecule has 0 saturated carbocycles. The van der Waals surface area contributed by atoms with Gasteiger partial charge in [-0.25, -0.2) is 9.18 Å². The molecular weight excluding hydrogens is 313 g/mol. The van der Waals surface area contributed by atoms with Crippen molar-refractivity contribution in [1.29, 1.82) is 0 Å². The van der Waals surface area contributed by atoms with Crippen LogP contribution in [0.25, 0.3) is 0 Å². The van der Waals surface area contributed by atoms with Crippen LogP contribution in [0.3, 0.4) is 0 Å². The van der Waals surface area contributed by atoms with Crippen molar-refractivity contribution in [1.82, 2.24) is 0 Å². The Morgan fingerprint density at radius 2 is 1.92 bits per heavy atom. The van der Waals surface area contributed by atoms with Crippen molar-refractivity contribution < 1.29 is 14.3 Å². The highest BCUT2D eigenvalue weighted by Crippen LogP contribution is 2.13. The normalized spacial score (nSPS) is 15.1. The van der Waals surface area contributed by atoms with Gasteiger partial charge in [-0.2, -0.15) is 5.10 Å². The molecule has 3 rings (SSSR count). The van der Waals surface area contributed by atoms with Gasteiger partial charge in [-0.3, -0.25) is 5.43 Å². The quantitative estimate of drug-likeness (QED) is 0.747. The van der Waals surface area contributed by atoms with Crippen LogP contribution in [-0.2, 0) is 0 Å². The Balaban J connectivity index is 1.86. The van der Waals surface area contributed by atoms with Crippen LogP contribution in [0, 0.1) is 5.82 Å². The summed E-state index contributed by atoms with van der Waals surface area (Å²) >= 11 is 0. The SMILES string of the molecule is NC1=NN=C(c2ccc(C(=O)O)cc2)/C1=N/Nc1cccc(F)c1. The second kappa shape index (κ2) is 6.29. The summed E-state index contributed by atoms with van der Waals surface area (Å²) in [5.41, 5.74) is 10.4. The summed E-state index contributed by atoms with van der Waals surface area (Å²) in [7, 11) is 0. The zero-order valence-corrected chi connectivity index (χ0v) is 12.3. The summed E-state index contributed by atoms with van der Waals surface area (Å²) in [6.07, 6.45) is 0. The molecule has 0 spiro atoms. The topological polar surface area (TPSA) is 112 Å². The highest BCUT2D eigenvalue weighted by molar-refractivity contribution is 6.72. The average Bonchev–Trinajstić information content (AvgIpc) is 2.94. The summed E-state index contributed by atoms with van der Waals surface area (Å²) in [6, 6.07) is 11.9. The first-order chi connectivity index (χ1) is 11.5. The maximum absolute atomic E-state index is 13.2. The molecule has 0 fully saturated rings. The summed E-state index contributed by atoms with van der Waals surface area (Å²) in [5.74, 6) is -1.31. The zero-order valence-electron chi connectivity index (χ0n) is 12.3. The minimum atomic E-state index is -1.02. The Morgan fingerprint density at radius 1 is 1.17 bits per heavy atom. The van der Waals surface area contributed by atoms with Crippen molar-refractivity contribution in [2.75, 3.05) is 5.43 Å². The molecule has 0 unspecified atom stereocenters. The van der Waals surface area contributed by atoms with Crippen LogP contribution < -0.4 is 11.2 Å². The second-order valence-corrected chi connectivity index (χ2v) is 4.90. The van der Waals surface area contributed by atoms with Gasteiger partial charge in [0.15, 0.2) is 11.5 Å². The summed E-state index contributed by atoms with van der Waals surface area (Å²) in [5, 5.41) is 20.8. The number of amidine groups is 1. The Labute approximate surface area is 136 Å². The van der Waals surface area contributed by atoms with E-state index in [1.165, 1.54) is 24.3 Å². The number of aromatic carboxylic acids is 1. The number of benzene rings is 2. The van der Waals surface area contributed by atoms with Gasteiger partial charge in [0.25, 0.3) is 0 Å². The fourth-order valence-corrected chi connectivity index (χ4v) is 2.07. The summed E-state index contributed by atoms with van der Waals surface area (Å²) < 4.78 is 13.2. The van der Waals surface area contributed by atoms with Crippen LogP contribution in [0.2, 0.25) is 0 Å². The predicted octanol–water partition coefficient (Wildman–Crippen LogP) is 2.07. The lowest BCUT2D eigenvalue weighted by Gasteiger charge is -2.05. The molecule has 8 heteroatoms. The first kappa shape index (κ1) is 15.3. The first-order valence-corrected chi connectivity index (χ1v) is 6.89. The molecule has 1 aliphatic heterocycles. The van der Waals surface area contributed by atoms with Crippen LogP contribution in [0.15, 0.2) is 63.8 Å². The number of rotatable bonds is 4. The van der Waals surface area contributed by atoms with E-state index in [1.54, 1.807) is 24.3 Å². The number of nitrogens with two attached hydrogens (primary N) is 1. The van der Waals surface area contributed by atoms with E-state index in [4.69, 9.17) is 10.8 Å². The molecule has 0 saturated heterocycles. The number of carboxylic acids is 1. The fourth-order valence-electron chi connectivity index (χ4n) is 2.07. The van der Waals surface area contributed by atoms with Crippen molar-refractivity contribution in [2.45, 2.75) is 0 Å². The van der Waals surface area contributed by atoms with Gasteiger partial charge in [0.1, 0.15) is 11.5 Å². The van der Waals surface area contributed by atoms with Crippen molar-refractivity contribution >= 4 is 28.9 Å². The first-order valence-electron chi connectivity index (χ1n) is 6.89. The van der Waals surface area contributed by atoms with Crippen molar-refractivity contribution in [3.63, 3.8) is 0 Å². The maximum Gasteiger partial charge on any atom is 0.335 e. The average molecular weight is 325 g/mol. The zero-order chi connectivity index (χ0) is 17.1. The number of halogens is 1. The molecule has 0 amide bonds. The summed E-state index contributed by atoms with van der Waals surface area (Å²) in [6.45, 7) is 0. The monoisotopic (exact) mass is 325 g/mol. The molecule has 0 bridgehead atoms. The van der Waals surface area contributed by atoms with Crippen molar-refractivity contribution in [3.05, 3.63) is 65.5 Å². The van der Waals surface area contributed by atoms with Crippen LogP contribution in [0.5, 0.6) is 0 Å². The molecule has 24 heavy (non-hydrogen) atoms. The van der Waals surface area contributed by atoms with E-state index >= 15 is 0 Å². The second-order valence-electron chi connectivity index (χ2n) is 4.90. The highest BCUT2D eigenvalue weighted by atomic mass is 19.1. The van der Waals surface area contributed by atoms with E-state index in [0.29, 0.717) is 22.7 Å². The molecule has 2 aromatic rings. The van der Waals surface area contributed by atoms with E-state index < -0.39 is 11.8 Å². The van der Waals surface area contributed by atoms with E-state index in [1.807, 2.05) is 0 Å². The van der Waals surface area contributed by atoms with Gasteiger partial charge in [0.2, 0.25) is 0 Å². The Bertz CT molecular complexity index is 888. The molecule has 120 valence electrons. The van der Waals surface area contributed by atoms with Gasteiger partial charge < -0.3 is 10.8 Å². The van der Waals surface area contributed by atoms with Crippen LogP contribution in [0.1, 0.15) is 15.9 Å². The third-order valence-corrected chi connectivity index (χ3v) is 3.25.